The second-order valence-electron chi connectivity index (χ2n) is 4.82. The second-order valence-corrected chi connectivity index (χ2v) is 4.82. The average molecular weight is 293 g/mol. The van der Waals surface area contributed by atoms with Crippen LogP contribution in [0.25, 0.3) is 10.9 Å². The lowest BCUT2D eigenvalue weighted by atomic mass is 10.2. The third kappa shape index (κ3) is 2.48. The van der Waals surface area contributed by atoms with Crippen molar-refractivity contribution in [3.05, 3.63) is 70.6 Å². The minimum Gasteiger partial charge on any atom is -0.307 e. The van der Waals surface area contributed by atoms with Crippen molar-refractivity contribution < 1.29 is 4.79 Å². The van der Waals surface area contributed by atoms with Crippen molar-refractivity contribution in [2.45, 2.75) is 13.5 Å². The number of carbonyl (C=O) groups is 1. The van der Waals surface area contributed by atoms with Gasteiger partial charge in [-0.05, 0) is 31.2 Å². The van der Waals surface area contributed by atoms with E-state index in [0.717, 1.165) is 5.39 Å². The van der Waals surface area contributed by atoms with Crippen molar-refractivity contribution in [2.24, 2.45) is 0 Å². The molecule has 3 aromatic rings. The number of rotatable bonds is 3. The molecule has 0 saturated carbocycles. The fourth-order valence-electron chi connectivity index (χ4n) is 2.37. The van der Waals surface area contributed by atoms with E-state index in [9.17, 15) is 9.59 Å². The molecule has 1 aromatic heterocycles. The van der Waals surface area contributed by atoms with E-state index in [1.807, 2.05) is 31.2 Å². The normalized spacial score (nSPS) is 10.6. The molecule has 22 heavy (non-hydrogen) atoms. The quantitative estimate of drug-likeness (QED) is 0.807. The van der Waals surface area contributed by atoms with Crippen molar-refractivity contribution >= 4 is 22.6 Å². The Morgan fingerprint density at radius 2 is 1.77 bits per heavy atom. The number of amides is 1. The molecule has 0 unspecified atom stereocenters. The first-order valence-electron chi connectivity index (χ1n) is 7.06. The first-order valence-corrected chi connectivity index (χ1v) is 7.06. The molecule has 5 nitrogen and oxygen atoms in total. The lowest BCUT2D eigenvalue weighted by molar-refractivity contribution is 0.102. The molecule has 0 fully saturated rings. The predicted molar refractivity (Wildman–Crippen MR) is 86.1 cm³/mol. The van der Waals surface area contributed by atoms with Gasteiger partial charge in [-0.25, -0.2) is 4.79 Å². The molecule has 2 aromatic carbocycles. The Balaban J connectivity index is 2.13. The van der Waals surface area contributed by atoms with E-state index in [1.54, 1.807) is 30.3 Å². The van der Waals surface area contributed by atoms with E-state index < -0.39 is 0 Å². The summed E-state index contributed by atoms with van der Waals surface area (Å²) in [5.41, 5.74) is 0.739. The molecule has 1 heterocycles. The number of hydrogen-bond donors (Lipinski definition) is 1. The van der Waals surface area contributed by atoms with Crippen LogP contribution in [-0.4, -0.2) is 15.5 Å². The second kappa shape index (κ2) is 5.81. The zero-order valence-electron chi connectivity index (χ0n) is 12.1. The zero-order valence-corrected chi connectivity index (χ0v) is 12.1. The molecule has 0 aliphatic rings. The van der Waals surface area contributed by atoms with Gasteiger partial charge in [-0.2, -0.15) is 4.98 Å². The van der Waals surface area contributed by atoms with Crippen LogP contribution in [-0.2, 0) is 6.54 Å². The highest BCUT2D eigenvalue weighted by atomic mass is 16.2. The zero-order chi connectivity index (χ0) is 15.5. The van der Waals surface area contributed by atoms with Crippen LogP contribution < -0.4 is 11.0 Å². The molecule has 1 N–H and O–H groups in total. The van der Waals surface area contributed by atoms with Crippen molar-refractivity contribution in [3.8, 4) is 0 Å². The summed E-state index contributed by atoms with van der Waals surface area (Å²) in [4.78, 5) is 28.5. The van der Waals surface area contributed by atoms with E-state index >= 15 is 0 Å². The fraction of sp³-hybridized carbons (Fsp3) is 0.118. The van der Waals surface area contributed by atoms with Crippen LogP contribution in [0, 0.1) is 0 Å². The Morgan fingerprint density at radius 1 is 1.09 bits per heavy atom. The van der Waals surface area contributed by atoms with Gasteiger partial charge in [0.1, 0.15) is 5.82 Å². The molecule has 5 heteroatoms. The van der Waals surface area contributed by atoms with Gasteiger partial charge >= 0.3 is 5.69 Å². The van der Waals surface area contributed by atoms with Crippen molar-refractivity contribution in [1.29, 1.82) is 0 Å². The number of benzene rings is 2. The van der Waals surface area contributed by atoms with E-state index in [4.69, 9.17) is 0 Å². The maximum Gasteiger partial charge on any atom is 0.349 e. The van der Waals surface area contributed by atoms with Crippen molar-refractivity contribution in [1.82, 2.24) is 9.55 Å². The fourth-order valence-corrected chi connectivity index (χ4v) is 2.37. The Hall–Kier alpha value is -2.95. The van der Waals surface area contributed by atoms with Gasteiger partial charge in [0, 0.05) is 17.5 Å². The van der Waals surface area contributed by atoms with Crippen molar-refractivity contribution in [2.75, 3.05) is 5.32 Å². The highest BCUT2D eigenvalue weighted by Crippen LogP contribution is 2.20. The molecule has 0 saturated heterocycles. The van der Waals surface area contributed by atoms with Crippen LogP contribution in [0.2, 0.25) is 0 Å². The Labute approximate surface area is 127 Å². The summed E-state index contributed by atoms with van der Waals surface area (Å²) in [6.45, 7) is 2.27. The number of anilines is 1. The lowest BCUT2D eigenvalue weighted by Crippen LogP contribution is -2.27. The van der Waals surface area contributed by atoms with Crippen LogP contribution in [0.3, 0.4) is 0 Å². The maximum atomic E-state index is 12.4. The molecule has 110 valence electrons. The van der Waals surface area contributed by atoms with E-state index in [0.29, 0.717) is 23.4 Å². The SMILES string of the molecule is CCn1c(NC(=O)c2ccccc2)c2ccccc2nc1=O. The number of carbonyl (C=O) groups excluding carboxylic acids is 1. The van der Waals surface area contributed by atoms with Gasteiger partial charge in [0.25, 0.3) is 5.91 Å². The van der Waals surface area contributed by atoms with Crippen LogP contribution in [0.1, 0.15) is 17.3 Å². The van der Waals surface area contributed by atoms with Gasteiger partial charge in [0.2, 0.25) is 0 Å². The smallest absolute Gasteiger partial charge is 0.307 e. The topological polar surface area (TPSA) is 64.0 Å². The third-order valence-electron chi connectivity index (χ3n) is 3.46. The molecule has 0 spiro atoms. The highest BCUT2D eigenvalue weighted by molar-refractivity contribution is 6.07. The Morgan fingerprint density at radius 3 is 2.50 bits per heavy atom. The molecule has 3 rings (SSSR count). The Bertz CT molecular complexity index is 885. The number of fused-ring (bicyclic) bond motifs is 1. The standard InChI is InChI=1S/C17H15N3O2/c1-2-20-15(19-16(21)12-8-4-3-5-9-12)13-10-6-7-11-14(13)18-17(20)22/h3-11H,2H2,1H3,(H,19,21). The molecule has 1 amide bonds. The minimum absolute atomic E-state index is 0.251. The summed E-state index contributed by atoms with van der Waals surface area (Å²) in [5, 5.41) is 3.59. The average Bonchev–Trinajstić information content (AvgIpc) is 2.55. The molecule has 0 aliphatic heterocycles. The largest absolute Gasteiger partial charge is 0.349 e. The number of para-hydroxylation sites is 1. The number of nitrogens with zero attached hydrogens (tertiary/aromatic N) is 2. The molecular formula is C17H15N3O2. The Kier molecular flexibility index (Phi) is 3.70. The van der Waals surface area contributed by atoms with Gasteiger partial charge in [0.05, 0.1) is 5.52 Å². The number of hydrogen-bond acceptors (Lipinski definition) is 3. The van der Waals surface area contributed by atoms with Crippen LogP contribution in [0.5, 0.6) is 0 Å². The van der Waals surface area contributed by atoms with Crippen LogP contribution in [0.15, 0.2) is 59.4 Å². The molecule has 0 aliphatic carbocycles. The summed E-state index contributed by atoms with van der Waals surface area (Å²) >= 11 is 0. The van der Waals surface area contributed by atoms with E-state index in [2.05, 4.69) is 10.3 Å². The summed E-state index contributed by atoms with van der Waals surface area (Å²) in [7, 11) is 0. The van der Waals surface area contributed by atoms with Crippen molar-refractivity contribution in [3.63, 3.8) is 0 Å². The monoisotopic (exact) mass is 293 g/mol. The van der Waals surface area contributed by atoms with Gasteiger partial charge in [-0.1, -0.05) is 30.3 Å². The van der Waals surface area contributed by atoms with Crippen LogP contribution in [0.4, 0.5) is 5.82 Å². The summed E-state index contributed by atoms with van der Waals surface area (Å²) in [6.07, 6.45) is 0. The maximum absolute atomic E-state index is 12.4. The third-order valence-corrected chi connectivity index (χ3v) is 3.46. The molecule has 0 bridgehead atoms. The van der Waals surface area contributed by atoms with E-state index in [1.165, 1.54) is 4.57 Å². The van der Waals surface area contributed by atoms with E-state index in [-0.39, 0.29) is 11.6 Å². The van der Waals surface area contributed by atoms with Crippen LogP contribution >= 0.6 is 0 Å². The molecule has 0 atom stereocenters. The number of nitrogens with one attached hydrogen (secondary N) is 1. The summed E-state index contributed by atoms with van der Waals surface area (Å²) in [5.74, 6) is 0.227. The first-order chi connectivity index (χ1) is 10.7. The highest BCUT2D eigenvalue weighted by Gasteiger charge is 2.13. The summed E-state index contributed by atoms with van der Waals surface area (Å²) < 4.78 is 1.46. The van der Waals surface area contributed by atoms with Gasteiger partial charge < -0.3 is 5.32 Å². The molecule has 0 radical (unpaired) electrons. The predicted octanol–water partition coefficient (Wildman–Crippen LogP) is 2.67. The van der Waals surface area contributed by atoms with Gasteiger partial charge in [-0.15, -0.1) is 0 Å². The summed E-state index contributed by atoms with van der Waals surface area (Å²) in [6, 6.07) is 16.2. The number of aromatic nitrogens is 2. The minimum atomic E-state index is -0.371. The first kappa shape index (κ1) is 14.0. The molecular weight excluding hydrogens is 278 g/mol. The lowest BCUT2D eigenvalue weighted by Gasteiger charge is -2.14. The van der Waals surface area contributed by atoms with Gasteiger partial charge in [-0.3, -0.25) is 9.36 Å². The van der Waals surface area contributed by atoms with Gasteiger partial charge in [0.15, 0.2) is 0 Å².